The topological polar surface area (TPSA) is 81.2 Å². The second-order valence-electron chi connectivity index (χ2n) is 12.4. The summed E-state index contributed by atoms with van der Waals surface area (Å²) in [5.74, 6) is -1.51. The maximum Gasteiger partial charge on any atom is 0.251 e. The number of halogens is 1. The summed E-state index contributed by atoms with van der Waals surface area (Å²) in [6, 6.07) is 14.8. The number of carbonyl (C=O) groups is 3. The molecule has 9 heteroatoms. The van der Waals surface area contributed by atoms with Gasteiger partial charge in [0.2, 0.25) is 11.8 Å². The molecule has 0 aromatic heterocycles. The molecule has 6 atom stereocenters. The van der Waals surface area contributed by atoms with Crippen LogP contribution in [0.5, 0.6) is 0 Å². The van der Waals surface area contributed by atoms with Gasteiger partial charge in [-0.2, -0.15) is 0 Å². The Morgan fingerprint density at radius 2 is 1.62 bits per heavy atom. The molecule has 3 aliphatic heterocycles. The number of fused-ring (bicyclic) bond motifs is 1. The molecule has 1 spiro atoms. The lowest BCUT2D eigenvalue weighted by atomic mass is 9.70. The molecule has 3 heterocycles. The number of benzene rings is 2. The van der Waals surface area contributed by atoms with Gasteiger partial charge in [0, 0.05) is 47.7 Å². The minimum absolute atomic E-state index is 0.0188. The van der Waals surface area contributed by atoms with Crippen molar-refractivity contribution in [1.29, 1.82) is 0 Å². The van der Waals surface area contributed by atoms with E-state index < -0.39 is 22.6 Å². The predicted molar refractivity (Wildman–Crippen MR) is 187 cm³/mol. The van der Waals surface area contributed by atoms with Gasteiger partial charge in [-0.05, 0) is 56.4 Å². The van der Waals surface area contributed by atoms with E-state index in [1.807, 2.05) is 62.4 Å². The van der Waals surface area contributed by atoms with Crippen molar-refractivity contribution in [2.24, 2.45) is 11.8 Å². The number of likely N-dealkylation sites (tertiary alicyclic amines) is 1. The van der Waals surface area contributed by atoms with E-state index in [1.54, 1.807) is 38.6 Å². The smallest absolute Gasteiger partial charge is 0.251 e. The van der Waals surface area contributed by atoms with Crippen molar-refractivity contribution in [3.63, 3.8) is 0 Å². The molecule has 3 amide bonds. The Morgan fingerprint density at radius 1 is 0.978 bits per heavy atom. The number of amides is 3. The van der Waals surface area contributed by atoms with E-state index in [1.165, 1.54) is 0 Å². The Bertz CT molecular complexity index is 1420. The molecule has 3 saturated heterocycles. The van der Waals surface area contributed by atoms with E-state index in [2.05, 4.69) is 29.1 Å². The van der Waals surface area contributed by atoms with Crippen molar-refractivity contribution in [2.45, 2.75) is 66.8 Å². The highest BCUT2D eigenvalue weighted by Gasteiger charge is 2.76. The second kappa shape index (κ2) is 14.3. The molecule has 2 aromatic carbocycles. The van der Waals surface area contributed by atoms with Crippen molar-refractivity contribution < 1.29 is 19.5 Å². The maximum absolute atomic E-state index is 15.0. The van der Waals surface area contributed by atoms with Crippen molar-refractivity contribution in [1.82, 2.24) is 4.90 Å². The normalized spacial score (nSPS) is 26.5. The molecule has 0 saturated carbocycles. The molecule has 3 fully saturated rings. The zero-order valence-electron chi connectivity index (χ0n) is 26.2. The third-order valence-electron chi connectivity index (χ3n) is 9.55. The van der Waals surface area contributed by atoms with Gasteiger partial charge in [0.25, 0.3) is 5.91 Å². The van der Waals surface area contributed by atoms with Crippen LogP contribution in [0.1, 0.15) is 43.2 Å². The van der Waals surface area contributed by atoms with Crippen LogP contribution < -0.4 is 9.80 Å². The maximum atomic E-state index is 15.0. The third kappa shape index (κ3) is 6.03. The Hall–Kier alpha value is -2.88. The summed E-state index contributed by atoms with van der Waals surface area (Å²) in [6.07, 6.45) is 7.21. The average Bonchev–Trinajstić information content (AvgIpc) is 3.62. The van der Waals surface area contributed by atoms with Crippen LogP contribution in [0.3, 0.4) is 0 Å². The number of alkyl halides is 1. The lowest BCUT2D eigenvalue weighted by Gasteiger charge is -2.39. The minimum atomic E-state index is -0.745. The number of nitrogens with zero attached hydrogens (tertiary/aromatic N) is 3. The number of thioether (sulfide) groups is 1. The van der Waals surface area contributed by atoms with Crippen LogP contribution in [0.15, 0.2) is 73.8 Å². The molecule has 3 aliphatic rings. The molecule has 7 nitrogen and oxygen atoms in total. The van der Waals surface area contributed by atoms with E-state index >= 15 is 4.79 Å². The minimum Gasteiger partial charge on any atom is -0.396 e. The Labute approximate surface area is 279 Å². The molecule has 1 N–H and O–H groups in total. The summed E-state index contributed by atoms with van der Waals surface area (Å²) in [5.41, 5.74) is 3.58. The first-order valence-electron chi connectivity index (χ1n) is 15.9. The predicted octanol–water partition coefficient (Wildman–Crippen LogP) is 6.06. The highest BCUT2D eigenvalue weighted by atomic mass is 79.9. The van der Waals surface area contributed by atoms with Crippen LogP contribution in [0.4, 0.5) is 11.4 Å². The first kappa shape index (κ1) is 33.5. The van der Waals surface area contributed by atoms with Crippen molar-refractivity contribution in [3.05, 3.63) is 85.0 Å². The lowest BCUT2D eigenvalue weighted by molar-refractivity contribution is -0.139. The first-order chi connectivity index (χ1) is 21.7. The molecule has 5 rings (SSSR count). The number of para-hydroxylation sites is 2. The quantitative estimate of drug-likeness (QED) is 0.148. The summed E-state index contributed by atoms with van der Waals surface area (Å²) >= 11 is 5.57. The van der Waals surface area contributed by atoms with E-state index in [-0.39, 0.29) is 34.4 Å². The summed E-state index contributed by atoms with van der Waals surface area (Å²) < 4.78 is -0.745. The van der Waals surface area contributed by atoms with Crippen LogP contribution in [-0.4, -0.2) is 74.8 Å². The summed E-state index contributed by atoms with van der Waals surface area (Å²) in [5, 5.41) is 9.14. The van der Waals surface area contributed by atoms with E-state index in [4.69, 9.17) is 0 Å². The Morgan fingerprint density at radius 3 is 2.27 bits per heavy atom. The molecule has 3 unspecified atom stereocenters. The van der Waals surface area contributed by atoms with Crippen molar-refractivity contribution >= 4 is 56.8 Å². The summed E-state index contributed by atoms with van der Waals surface area (Å²) in [7, 11) is 0. The standard InChI is InChI=1S/C36H44BrN3O4S/c1-5-19-38(26-17-10-9-11-18-26)33(42)28-29-34(43)40(21-12-7-8-13-22-41)32(36(29)23-27(37)31(28)45-36)35(44)39(20-6-2)30-24(3)15-14-16-25(30)4/h5-6,9-11,14-18,27-29,31-32,41H,1-2,7-8,12-13,19-23H2,3-4H3/t27?,28-,29+,31-,32?,36?/m1/s1. The average molecular weight is 695 g/mol. The number of anilines is 2. The molecular weight excluding hydrogens is 650 g/mol. The zero-order valence-corrected chi connectivity index (χ0v) is 28.6. The van der Waals surface area contributed by atoms with Gasteiger partial charge in [-0.15, -0.1) is 24.9 Å². The number of rotatable bonds is 14. The molecule has 2 bridgehead atoms. The van der Waals surface area contributed by atoms with Crippen LogP contribution >= 0.6 is 27.7 Å². The monoisotopic (exact) mass is 693 g/mol. The van der Waals surface area contributed by atoms with Crippen LogP contribution in [0.2, 0.25) is 0 Å². The highest BCUT2D eigenvalue weighted by Crippen LogP contribution is 2.68. The molecule has 240 valence electrons. The van der Waals surface area contributed by atoms with Gasteiger partial charge in [0.1, 0.15) is 6.04 Å². The number of hydrogen-bond acceptors (Lipinski definition) is 5. The third-order valence-corrected chi connectivity index (χ3v) is 12.8. The van der Waals surface area contributed by atoms with Crippen LogP contribution in [0.25, 0.3) is 0 Å². The zero-order chi connectivity index (χ0) is 32.3. The fourth-order valence-electron chi connectivity index (χ4n) is 7.72. The summed E-state index contributed by atoms with van der Waals surface area (Å²) in [4.78, 5) is 49.5. The second-order valence-corrected chi connectivity index (χ2v) is 15.1. The number of aliphatic hydroxyl groups excluding tert-OH is 1. The van der Waals surface area contributed by atoms with Crippen LogP contribution in [0, 0.1) is 25.7 Å². The summed E-state index contributed by atoms with van der Waals surface area (Å²) in [6.45, 7) is 13.1. The first-order valence-corrected chi connectivity index (χ1v) is 17.7. The molecular formula is C36H44BrN3O4S. The fourth-order valence-corrected chi connectivity index (χ4v) is 11.3. The van der Waals surface area contributed by atoms with Gasteiger partial charge >= 0.3 is 0 Å². The van der Waals surface area contributed by atoms with E-state index in [0.717, 1.165) is 41.8 Å². The van der Waals surface area contributed by atoms with Gasteiger partial charge in [0.15, 0.2) is 0 Å². The number of unbranched alkanes of at least 4 members (excludes halogenated alkanes) is 3. The Balaban J connectivity index is 1.57. The van der Waals surface area contributed by atoms with Gasteiger partial charge < -0.3 is 19.8 Å². The number of carbonyl (C=O) groups excluding carboxylic acids is 3. The van der Waals surface area contributed by atoms with Crippen LogP contribution in [-0.2, 0) is 14.4 Å². The van der Waals surface area contributed by atoms with Crippen molar-refractivity contribution in [3.8, 4) is 0 Å². The molecule has 2 aromatic rings. The SMILES string of the molecule is C=CCN(C(=O)[C@H]1[C@@H]2SC3(CC2Br)C(C(=O)N(CC=C)c2c(C)cccc2C)N(CCCCCCO)C(=O)[C@H]13)c1ccccc1. The number of aryl methyl sites for hydroxylation is 2. The van der Waals surface area contributed by atoms with Gasteiger partial charge in [-0.1, -0.05) is 77.3 Å². The van der Waals surface area contributed by atoms with Gasteiger partial charge in [-0.3, -0.25) is 14.4 Å². The lowest BCUT2D eigenvalue weighted by Crippen LogP contribution is -2.56. The largest absolute Gasteiger partial charge is 0.396 e. The Kier molecular flexibility index (Phi) is 10.6. The molecule has 0 aliphatic carbocycles. The van der Waals surface area contributed by atoms with Gasteiger partial charge in [0.05, 0.1) is 16.6 Å². The number of aliphatic hydroxyl groups is 1. The molecule has 0 radical (unpaired) electrons. The van der Waals surface area contributed by atoms with Gasteiger partial charge in [-0.25, -0.2) is 0 Å². The van der Waals surface area contributed by atoms with E-state index in [0.29, 0.717) is 32.5 Å². The highest BCUT2D eigenvalue weighted by molar-refractivity contribution is 9.09. The number of hydrogen-bond donors (Lipinski definition) is 1. The molecule has 45 heavy (non-hydrogen) atoms. The fraction of sp³-hybridized carbons (Fsp3) is 0.472. The van der Waals surface area contributed by atoms with Crippen molar-refractivity contribution in [2.75, 3.05) is 36.0 Å². The van der Waals surface area contributed by atoms with E-state index in [9.17, 15) is 14.7 Å².